The maximum Gasteiger partial charge on any atom is 0.150 e. The molecule has 6 heteroatoms. The lowest BCUT2D eigenvalue weighted by Crippen LogP contribution is -2.10. The molecule has 0 saturated carbocycles. The van der Waals surface area contributed by atoms with Crippen LogP contribution in [0.4, 0.5) is 23.0 Å². The average Bonchev–Trinajstić information content (AvgIpc) is 2.45. The summed E-state index contributed by atoms with van der Waals surface area (Å²) < 4.78 is 0.832. The van der Waals surface area contributed by atoms with Gasteiger partial charge in [-0.25, -0.2) is 9.97 Å². The molecule has 2 N–H and O–H groups in total. The third-order valence-corrected chi connectivity index (χ3v) is 3.84. The van der Waals surface area contributed by atoms with Gasteiger partial charge in [0.25, 0.3) is 0 Å². The van der Waals surface area contributed by atoms with Gasteiger partial charge in [-0.3, -0.25) is 0 Å². The summed E-state index contributed by atoms with van der Waals surface area (Å²) in [7, 11) is 4.08. The Balaban J connectivity index is 2.30. The monoisotopic (exact) mass is 349 g/mol. The first-order valence-corrected chi connectivity index (χ1v) is 7.61. The van der Waals surface area contributed by atoms with Gasteiger partial charge in [0.2, 0.25) is 0 Å². The van der Waals surface area contributed by atoms with Crippen molar-refractivity contribution in [2.75, 3.05) is 36.2 Å². The first-order valence-electron chi connectivity index (χ1n) is 6.82. The van der Waals surface area contributed by atoms with Crippen LogP contribution in [0.25, 0.3) is 0 Å². The topological polar surface area (TPSA) is 53.1 Å². The fraction of sp³-hybridized carbons (Fsp3) is 0.333. The van der Waals surface area contributed by atoms with Gasteiger partial charge in [-0.1, -0.05) is 6.07 Å². The number of nitrogens with zero attached hydrogens (tertiary/aromatic N) is 3. The largest absolute Gasteiger partial charge is 0.377 e. The van der Waals surface area contributed by atoms with Crippen molar-refractivity contribution in [2.45, 2.75) is 13.8 Å². The van der Waals surface area contributed by atoms with Crippen LogP contribution in [0.15, 0.2) is 29.0 Å². The standard InChI is InChI=1S/C15H20BrN5/c1-5-17-14-13(16)15(19-9-18-14)20-11-7-6-10(2)12(8-11)21(3)4/h6-9H,5H2,1-4H3,(H2,17,18,19,20). The van der Waals surface area contributed by atoms with E-state index in [1.54, 1.807) is 6.33 Å². The number of anilines is 4. The first kappa shape index (κ1) is 15.6. The number of aromatic nitrogens is 2. The van der Waals surface area contributed by atoms with E-state index in [0.717, 1.165) is 28.3 Å². The van der Waals surface area contributed by atoms with E-state index in [1.165, 1.54) is 11.3 Å². The van der Waals surface area contributed by atoms with Gasteiger partial charge in [0.05, 0.1) is 0 Å². The molecule has 112 valence electrons. The molecule has 5 nitrogen and oxygen atoms in total. The quantitative estimate of drug-likeness (QED) is 0.859. The van der Waals surface area contributed by atoms with E-state index < -0.39 is 0 Å². The van der Waals surface area contributed by atoms with Crippen molar-refractivity contribution < 1.29 is 0 Å². The highest BCUT2D eigenvalue weighted by Crippen LogP contribution is 2.30. The van der Waals surface area contributed by atoms with E-state index in [-0.39, 0.29) is 0 Å². The second kappa shape index (κ2) is 6.76. The minimum absolute atomic E-state index is 0.745. The second-order valence-corrected chi connectivity index (χ2v) is 5.73. The van der Waals surface area contributed by atoms with Gasteiger partial charge in [-0.05, 0) is 47.5 Å². The Morgan fingerprint density at radius 1 is 1.19 bits per heavy atom. The lowest BCUT2D eigenvalue weighted by Gasteiger charge is -2.18. The number of nitrogens with one attached hydrogen (secondary N) is 2. The third-order valence-electron chi connectivity index (χ3n) is 3.09. The Labute approximate surface area is 133 Å². The number of hydrogen-bond acceptors (Lipinski definition) is 5. The molecule has 0 atom stereocenters. The summed E-state index contributed by atoms with van der Waals surface area (Å²) in [6, 6.07) is 6.25. The van der Waals surface area contributed by atoms with E-state index in [0.29, 0.717) is 0 Å². The molecule has 0 aliphatic rings. The Hall–Kier alpha value is -1.82. The van der Waals surface area contributed by atoms with Crippen LogP contribution in [0, 0.1) is 6.92 Å². The number of halogens is 1. The van der Waals surface area contributed by atoms with Gasteiger partial charge < -0.3 is 15.5 Å². The maximum absolute atomic E-state index is 4.29. The van der Waals surface area contributed by atoms with E-state index in [4.69, 9.17) is 0 Å². The molecule has 2 rings (SSSR count). The smallest absolute Gasteiger partial charge is 0.150 e. The third kappa shape index (κ3) is 3.64. The molecule has 21 heavy (non-hydrogen) atoms. The van der Waals surface area contributed by atoms with Gasteiger partial charge >= 0.3 is 0 Å². The summed E-state index contributed by atoms with van der Waals surface area (Å²) >= 11 is 3.54. The molecule has 0 saturated heterocycles. The van der Waals surface area contributed by atoms with Gasteiger partial charge in [0.1, 0.15) is 22.4 Å². The Bertz CT molecular complexity index is 627. The Kier molecular flexibility index (Phi) is 5.01. The van der Waals surface area contributed by atoms with E-state index >= 15 is 0 Å². The molecule has 1 aromatic carbocycles. The lowest BCUT2D eigenvalue weighted by molar-refractivity contribution is 1.10. The van der Waals surface area contributed by atoms with Gasteiger partial charge in [0.15, 0.2) is 0 Å². The van der Waals surface area contributed by atoms with E-state index in [9.17, 15) is 0 Å². The van der Waals surface area contributed by atoms with Crippen LogP contribution in [0.5, 0.6) is 0 Å². The van der Waals surface area contributed by atoms with Crippen LogP contribution < -0.4 is 15.5 Å². The van der Waals surface area contributed by atoms with Gasteiger partial charge in [-0.15, -0.1) is 0 Å². The highest BCUT2D eigenvalue weighted by Gasteiger charge is 2.09. The molecule has 1 aromatic heterocycles. The number of hydrogen-bond donors (Lipinski definition) is 2. The van der Waals surface area contributed by atoms with Crippen molar-refractivity contribution >= 4 is 38.9 Å². The van der Waals surface area contributed by atoms with Crippen molar-refractivity contribution in [3.05, 3.63) is 34.6 Å². The second-order valence-electron chi connectivity index (χ2n) is 4.94. The van der Waals surface area contributed by atoms with Crippen LogP contribution >= 0.6 is 15.9 Å². The highest BCUT2D eigenvalue weighted by atomic mass is 79.9. The summed E-state index contributed by atoms with van der Waals surface area (Å²) in [6.07, 6.45) is 1.55. The zero-order valence-corrected chi connectivity index (χ0v) is 14.3. The van der Waals surface area contributed by atoms with Crippen LogP contribution in [0.3, 0.4) is 0 Å². The molecular weight excluding hydrogens is 330 g/mol. The van der Waals surface area contributed by atoms with Crippen molar-refractivity contribution in [3.63, 3.8) is 0 Å². The SMILES string of the molecule is CCNc1ncnc(Nc2ccc(C)c(N(C)C)c2)c1Br. The molecule has 0 fully saturated rings. The average molecular weight is 350 g/mol. The molecule has 2 aromatic rings. The number of benzene rings is 1. The highest BCUT2D eigenvalue weighted by molar-refractivity contribution is 9.10. The van der Waals surface area contributed by atoms with Crippen molar-refractivity contribution in [3.8, 4) is 0 Å². The lowest BCUT2D eigenvalue weighted by atomic mass is 10.1. The van der Waals surface area contributed by atoms with Crippen LogP contribution in [0.1, 0.15) is 12.5 Å². The first-order chi connectivity index (χ1) is 10.0. The molecule has 0 bridgehead atoms. The summed E-state index contributed by atoms with van der Waals surface area (Å²) in [5.41, 5.74) is 3.41. The van der Waals surface area contributed by atoms with E-state index in [2.05, 4.69) is 60.5 Å². The molecule has 0 radical (unpaired) electrons. The van der Waals surface area contributed by atoms with Crippen molar-refractivity contribution in [1.29, 1.82) is 0 Å². The zero-order valence-electron chi connectivity index (χ0n) is 12.7. The van der Waals surface area contributed by atoms with Crippen molar-refractivity contribution in [1.82, 2.24) is 9.97 Å². The molecule has 1 heterocycles. The summed E-state index contributed by atoms with van der Waals surface area (Å²) in [4.78, 5) is 10.6. The minimum Gasteiger partial charge on any atom is -0.377 e. The Morgan fingerprint density at radius 2 is 1.90 bits per heavy atom. The predicted molar refractivity (Wildman–Crippen MR) is 92.7 cm³/mol. The Morgan fingerprint density at radius 3 is 2.57 bits per heavy atom. The molecule has 0 spiro atoms. The summed E-state index contributed by atoms with van der Waals surface area (Å²) in [5.74, 6) is 1.53. The molecular formula is C15H20BrN5. The molecule has 0 aliphatic heterocycles. The minimum atomic E-state index is 0.745. The fourth-order valence-corrected chi connectivity index (χ4v) is 2.50. The maximum atomic E-state index is 4.29. The number of aryl methyl sites for hydroxylation is 1. The van der Waals surface area contributed by atoms with Crippen molar-refractivity contribution in [2.24, 2.45) is 0 Å². The van der Waals surface area contributed by atoms with Crippen LogP contribution in [-0.4, -0.2) is 30.6 Å². The molecule has 0 unspecified atom stereocenters. The van der Waals surface area contributed by atoms with Gasteiger partial charge in [0, 0.05) is 32.0 Å². The molecule has 0 aliphatic carbocycles. The van der Waals surface area contributed by atoms with Crippen LogP contribution in [0.2, 0.25) is 0 Å². The van der Waals surface area contributed by atoms with Crippen LogP contribution in [-0.2, 0) is 0 Å². The summed E-state index contributed by atoms with van der Waals surface area (Å²) in [5, 5.41) is 6.52. The summed E-state index contributed by atoms with van der Waals surface area (Å²) in [6.45, 7) is 4.94. The van der Waals surface area contributed by atoms with Gasteiger partial charge in [-0.2, -0.15) is 0 Å². The predicted octanol–water partition coefficient (Wildman–Crippen LogP) is 3.79. The van der Waals surface area contributed by atoms with E-state index in [1.807, 2.05) is 27.1 Å². The zero-order chi connectivity index (χ0) is 15.4. The fourth-order valence-electron chi connectivity index (χ4n) is 2.05. The normalized spacial score (nSPS) is 10.3. The molecule has 0 amide bonds. The number of rotatable bonds is 5.